The Morgan fingerprint density at radius 2 is 1.72 bits per heavy atom. The number of sulfonamides is 1. The van der Waals surface area contributed by atoms with Gasteiger partial charge < -0.3 is 15.1 Å². The van der Waals surface area contributed by atoms with Gasteiger partial charge in [0, 0.05) is 37.9 Å². The number of nitrogens with one attached hydrogen (secondary N) is 1. The van der Waals surface area contributed by atoms with Crippen molar-refractivity contribution in [2.45, 2.75) is 66.5 Å². The number of urea groups is 1. The molecule has 1 fully saturated rings. The monoisotopic (exact) mass is 556 g/mol. The van der Waals surface area contributed by atoms with E-state index in [9.17, 15) is 18.0 Å². The second kappa shape index (κ2) is 13.9. The number of rotatable bonds is 11. The maximum absolute atomic E-state index is 13.7. The van der Waals surface area contributed by atoms with Crippen molar-refractivity contribution in [2.24, 2.45) is 5.92 Å². The minimum atomic E-state index is -3.53. The highest BCUT2D eigenvalue weighted by Gasteiger charge is 2.33. The lowest BCUT2D eigenvalue weighted by Crippen LogP contribution is -2.52. The Kier molecular flexibility index (Phi) is 10.9. The predicted molar refractivity (Wildman–Crippen MR) is 157 cm³/mol. The third kappa shape index (κ3) is 8.80. The van der Waals surface area contributed by atoms with Gasteiger partial charge in [0.1, 0.15) is 0 Å². The molecule has 1 aliphatic rings. The lowest BCUT2D eigenvalue weighted by Gasteiger charge is -2.39. The third-order valence-electron chi connectivity index (χ3n) is 7.07. The summed E-state index contributed by atoms with van der Waals surface area (Å²) in [5, 5.41) is 3.02. The van der Waals surface area contributed by atoms with Crippen molar-refractivity contribution < 1.29 is 18.0 Å². The minimum Gasteiger partial charge on any atom is -0.334 e. The van der Waals surface area contributed by atoms with Crippen LogP contribution in [0.3, 0.4) is 0 Å². The smallest absolute Gasteiger partial charge is 0.321 e. The lowest BCUT2D eigenvalue weighted by molar-refractivity contribution is -0.135. The molecule has 0 aromatic heterocycles. The molecule has 0 saturated carbocycles. The normalized spacial score (nSPS) is 14.6. The van der Waals surface area contributed by atoms with Gasteiger partial charge in [-0.3, -0.25) is 4.79 Å². The molecule has 39 heavy (non-hydrogen) atoms. The van der Waals surface area contributed by atoms with Crippen LogP contribution in [0, 0.1) is 19.8 Å². The van der Waals surface area contributed by atoms with Crippen LogP contribution in [0.25, 0.3) is 0 Å². The number of likely N-dealkylation sites (tertiary alicyclic amines) is 1. The Morgan fingerprint density at radius 3 is 2.31 bits per heavy atom. The number of anilines is 1. The van der Waals surface area contributed by atoms with Crippen LogP contribution in [0.2, 0.25) is 0 Å². The fourth-order valence-electron chi connectivity index (χ4n) is 5.04. The first kappa shape index (κ1) is 30.6. The highest BCUT2D eigenvalue weighted by molar-refractivity contribution is 7.89. The zero-order chi connectivity index (χ0) is 28.6. The van der Waals surface area contributed by atoms with Gasteiger partial charge in [-0.1, -0.05) is 68.8 Å². The van der Waals surface area contributed by atoms with Crippen molar-refractivity contribution in [3.05, 3.63) is 65.2 Å². The van der Waals surface area contributed by atoms with Crippen LogP contribution < -0.4 is 5.32 Å². The van der Waals surface area contributed by atoms with Gasteiger partial charge in [-0.2, -0.15) is 4.31 Å². The van der Waals surface area contributed by atoms with Gasteiger partial charge in [0.25, 0.3) is 0 Å². The second-order valence-electron chi connectivity index (χ2n) is 11.0. The zero-order valence-corrected chi connectivity index (χ0v) is 24.8. The summed E-state index contributed by atoms with van der Waals surface area (Å²) in [6, 6.07) is 15.5. The number of piperidine rings is 1. The van der Waals surface area contributed by atoms with E-state index in [0.717, 1.165) is 22.4 Å². The first-order valence-electron chi connectivity index (χ1n) is 13.9. The van der Waals surface area contributed by atoms with Crippen LogP contribution in [0.4, 0.5) is 10.5 Å². The van der Waals surface area contributed by atoms with Crippen LogP contribution in [-0.2, 0) is 21.4 Å². The van der Waals surface area contributed by atoms with E-state index in [2.05, 4.69) is 5.32 Å². The number of benzene rings is 2. The van der Waals surface area contributed by atoms with Crippen LogP contribution in [0.15, 0.2) is 48.5 Å². The van der Waals surface area contributed by atoms with Crippen LogP contribution in [0.1, 0.15) is 56.7 Å². The Bertz CT molecular complexity index is 1210. The number of carbonyl (C=O) groups excluding carboxylic acids is 2. The summed E-state index contributed by atoms with van der Waals surface area (Å²) in [4.78, 5) is 30.3. The molecule has 0 spiro atoms. The summed E-state index contributed by atoms with van der Waals surface area (Å²) >= 11 is 0. The molecule has 0 radical (unpaired) electrons. The molecule has 214 valence electrons. The molecule has 8 nitrogen and oxygen atoms in total. The van der Waals surface area contributed by atoms with Gasteiger partial charge in [-0.25, -0.2) is 13.2 Å². The van der Waals surface area contributed by atoms with Crippen LogP contribution in [0.5, 0.6) is 0 Å². The number of hydrogen-bond acceptors (Lipinski definition) is 4. The molecule has 1 aliphatic heterocycles. The Morgan fingerprint density at radius 1 is 1.05 bits per heavy atom. The van der Waals surface area contributed by atoms with Gasteiger partial charge in [0.05, 0.1) is 12.3 Å². The maximum Gasteiger partial charge on any atom is 0.321 e. The number of nitrogens with zero attached hydrogens (tertiary/aromatic N) is 3. The standard InChI is InChI=1S/C30H44N4O4S/c1-6-18-39(37,38)33(20-23(2)3)22-29(35)34(21-26-10-8-7-9-11-26)27-14-16-32(17-15-27)30(36)31-28-13-12-24(4)19-25(28)5/h7-13,19,23,27H,6,14-18,20-22H2,1-5H3,(H,31,36). The van der Waals surface area contributed by atoms with E-state index in [1.807, 2.05) is 88.0 Å². The molecular weight excluding hydrogens is 512 g/mol. The van der Waals surface area contributed by atoms with E-state index in [4.69, 9.17) is 0 Å². The van der Waals surface area contributed by atoms with Gasteiger partial charge in [0.2, 0.25) is 15.9 Å². The van der Waals surface area contributed by atoms with E-state index < -0.39 is 10.0 Å². The molecule has 1 heterocycles. The molecule has 0 atom stereocenters. The van der Waals surface area contributed by atoms with Gasteiger partial charge in [0.15, 0.2) is 0 Å². The first-order valence-corrected chi connectivity index (χ1v) is 15.6. The highest BCUT2D eigenvalue weighted by Crippen LogP contribution is 2.23. The summed E-state index contributed by atoms with van der Waals surface area (Å²) in [5.41, 5.74) is 3.95. The van der Waals surface area contributed by atoms with E-state index >= 15 is 0 Å². The number of aryl methyl sites for hydroxylation is 2. The number of carbonyl (C=O) groups is 2. The van der Waals surface area contributed by atoms with E-state index in [1.54, 1.807) is 4.90 Å². The molecule has 0 aliphatic carbocycles. The van der Waals surface area contributed by atoms with Crippen molar-refractivity contribution in [1.82, 2.24) is 14.1 Å². The fraction of sp³-hybridized carbons (Fsp3) is 0.533. The average Bonchev–Trinajstić information content (AvgIpc) is 2.89. The van der Waals surface area contributed by atoms with Crippen molar-refractivity contribution in [3.8, 4) is 0 Å². The largest absolute Gasteiger partial charge is 0.334 e. The number of amides is 3. The molecule has 2 aromatic carbocycles. The van der Waals surface area contributed by atoms with E-state index in [1.165, 1.54) is 4.31 Å². The van der Waals surface area contributed by atoms with Gasteiger partial charge in [-0.05, 0) is 56.2 Å². The summed E-state index contributed by atoms with van der Waals surface area (Å²) in [7, 11) is -3.53. The van der Waals surface area contributed by atoms with Crippen molar-refractivity contribution in [2.75, 3.05) is 37.2 Å². The molecule has 0 unspecified atom stereocenters. The van der Waals surface area contributed by atoms with Crippen molar-refractivity contribution in [3.63, 3.8) is 0 Å². The second-order valence-corrected chi connectivity index (χ2v) is 13.1. The Labute approximate surface area is 234 Å². The molecule has 0 bridgehead atoms. The molecule has 1 saturated heterocycles. The first-order chi connectivity index (χ1) is 18.5. The maximum atomic E-state index is 13.7. The SMILES string of the molecule is CCCS(=O)(=O)N(CC(=O)N(Cc1ccccc1)C1CCN(C(=O)Nc2ccc(C)cc2C)CC1)CC(C)C. The summed E-state index contributed by atoms with van der Waals surface area (Å²) in [5.74, 6) is -0.0668. The Balaban J connectivity index is 1.73. The zero-order valence-electron chi connectivity index (χ0n) is 24.0. The van der Waals surface area contributed by atoms with Gasteiger partial charge >= 0.3 is 6.03 Å². The minimum absolute atomic E-state index is 0.0274. The van der Waals surface area contributed by atoms with E-state index in [0.29, 0.717) is 45.4 Å². The predicted octanol–water partition coefficient (Wildman–Crippen LogP) is 5.03. The highest BCUT2D eigenvalue weighted by atomic mass is 32.2. The van der Waals surface area contributed by atoms with Crippen LogP contribution in [-0.4, -0.2) is 72.4 Å². The summed E-state index contributed by atoms with van der Waals surface area (Å²) in [6.45, 7) is 11.3. The number of hydrogen-bond donors (Lipinski definition) is 1. The van der Waals surface area contributed by atoms with Crippen molar-refractivity contribution >= 4 is 27.6 Å². The fourth-order valence-corrected chi connectivity index (χ4v) is 6.65. The molecule has 2 aromatic rings. The summed E-state index contributed by atoms with van der Waals surface area (Å²) < 4.78 is 27.3. The topological polar surface area (TPSA) is 90.0 Å². The lowest BCUT2D eigenvalue weighted by atomic mass is 10.0. The Hall–Kier alpha value is -2.91. The molecule has 3 rings (SSSR count). The molecule has 3 amide bonds. The molecular formula is C30H44N4O4S. The van der Waals surface area contributed by atoms with E-state index in [-0.39, 0.29) is 36.2 Å². The molecule has 9 heteroatoms. The molecule has 1 N–H and O–H groups in total. The van der Waals surface area contributed by atoms with Crippen molar-refractivity contribution in [1.29, 1.82) is 0 Å². The van der Waals surface area contributed by atoms with Crippen LogP contribution >= 0.6 is 0 Å². The third-order valence-corrected chi connectivity index (χ3v) is 9.06. The average molecular weight is 557 g/mol. The quantitative estimate of drug-likeness (QED) is 0.421. The summed E-state index contributed by atoms with van der Waals surface area (Å²) in [6.07, 6.45) is 1.76. The van der Waals surface area contributed by atoms with Gasteiger partial charge in [-0.15, -0.1) is 0 Å².